The smallest absolute Gasteiger partial charge is 0.165 e. The summed E-state index contributed by atoms with van der Waals surface area (Å²) >= 11 is 0. The molecule has 0 amide bonds. The average Bonchev–Trinajstić information content (AvgIpc) is 3.51. The van der Waals surface area contributed by atoms with Crippen molar-refractivity contribution >= 4 is 0 Å². The van der Waals surface area contributed by atoms with Gasteiger partial charge in [0.05, 0.1) is 12.7 Å². The molecule has 0 aromatic heterocycles. The third kappa shape index (κ3) is 12.3. The van der Waals surface area contributed by atoms with Crippen LogP contribution in [0.25, 0.3) is 0 Å². The Hall–Kier alpha value is -1.17. The van der Waals surface area contributed by atoms with Crippen molar-refractivity contribution in [3.05, 3.63) is 29.6 Å². The highest BCUT2D eigenvalue weighted by molar-refractivity contribution is 5.31. The zero-order valence-corrected chi connectivity index (χ0v) is 16.6. The number of benzene rings is 1. The molecule has 0 radical (unpaired) electrons. The Balaban J connectivity index is -0.000000484. The largest absolute Gasteiger partial charge is 0.490 e. The van der Waals surface area contributed by atoms with Crippen molar-refractivity contribution in [1.82, 2.24) is 0 Å². The highest BCUT2D eigenvalue weighted by Gasteiger charge is 2.22. The number of hydrogen-bond acceptors (Lipinski definition) is 4. The van der Waals surface area contributed by atoms with Gasteiger partial charge in [0.2, 0.25) is 0 Å². The van der Waals surface area contributed by atoms with Crippen molar-refractivity contribution in [2.24, 2.45) is 17.4 Å². The summed E-state index contributed by atoms with van der Waals surface area (Å²) in [4.78, 5) is 0. The number of aliphatic hydroxyl groups is 1. The molecule has 5 heteroatoms. The quantitative estimate of drug-likeness (QED) is 0.744. The van der Waals surface area contributed by atoms with Crippen LogP contribution in [0.15, 0.2) is 18.2 Å². The first-order valence-electron chi connectivity index (χ1n) is 9.09. The lowest BCUT2D eigenvalue weighted by Gasteiger charge is -2.11. The molecule has 0 unspecified atom stereocenters. The van der Waals surface area contributed by atoms with Crippen molar-refractivity contribution < 1.29 is 14.2 Å². The zero-order chi connectivity index (χ0) is 19.5. The minimum absolute atomic E-state index is 0.119. The van der Waals surface area contributed by atoms with Crippen LogP contribution in [-0.2, 0) is 0 Å². The van der Waals surface area contributed by atoms with Gasteiger partial charge in [-0.25, -0.2) is 4.39 Å². The lowest BCUT2D eigenvalue weighted by molar-refractivity contribution is 0.185. The Kier molecular flexibility index (Phi) is 22.9. The minimum atomic E-state index is -0.760. The molecule has 1 aliphatic rings. The fourth-order valence-electron chi connectivity index (χ4n) is 1.47. The maximum atomic E-state index is 13.4. The molecular weight excluding hydrogens is 307 g/mol. The Labute approximate surface area is 148 Å². The molecule has 1 aromatic carbocycles. The van der Waals surface area contributed by atoms with Crippen LogP contribution >= 0.6 is 0 Å². The summed E-state index contributed by atoms with van der Waals surface area (Å²) in [7, 11) is 1.50. The number of ether oxygens (including phenoxy) is 1. The molecule has 0 bridgehead atoms. The van der Waals surface area contributed by atoms with Gasteiger partial charge in [-0.3, -0.25) is 0 Å². The van der Waals surface area contributed by atoms with Gasteiger partial charge in [0, 0.05) is 6.54 Å². The van der Waals surface area contributed by atoms with Crippen molar-refractivity contribution in [3.63, 3.8) is 0 Å². The number of hydrogen-bond donors (Lipinski definition) is 3. The van der Waals surface area contributed by atoms with E-state index in [0.717, 1.165) is 12.8 Å². The summed E-state index contributed by atoms with van der Waals surface area (Å²) in [6.45, 7) is 12.7. The molecule has 0 saturated heterocycles. The number of aliphatic hydroxyl groups excluding tert-OH is 1. The van der Waals surface area contributed by atoms with Gasteiger partial charge < -0.3 is 21.3 Å². The van der Waals surface area contributed by atoms with Crippen molar-refractivity contribution in [3.8, 4) is 5.75 Å². The predicted octanol–water partition coefficient (Wildman–Crippen LogP) is 4.26. The molecule has 2 rings (SSSR count). The highest BCUT2D eigenvalue weighted by atomic mass is 19.1. The van der Waals surface area contributed by atoms with Crippen LogP contribution in [0.3, 0.4) is 0 Å². The first-order valence-corrected chi connectivity index (χ1v) is 9.09. The van der Waals surface area contributed by atoms with E-state index < -0.39 is 11.9 Å². The SMILES string of the molecule is CC.CC.CC.CN.NC[C@@H](O)c1ccc(F)c(OCC2CC2)c1. The third-order valence-corrected chi connectivity index (χ3v) is 2.73. The van der Waals surface area contributed by atoms with Gasteiger partial charge in [-0.1, -0.05) is 47.6 Å². The Morgan fingerprint density at radius 2 is 1.62 bits per heavy atom. The lowest BCUT2D eigenvalue weighted by Crippen LogP contribution is -2.12. The van der Waals surface area contributed by atoms with Gasteiger partial charge in [0.1, 0.15) is 0 Å². The predicted molar refractivity (Wildman–Crippen MR) is 103 cm³/mol. The van der Waals surface area contributed by atoms with E-state index >= 15 is 0 Å². The van der Waals surface area contributed by atoms with Gasteiger partial charge in [-0.2, -0.15) is 0 Å². The van der Waals surface area contributed by atoms with E-state index in [2.05, 4.69) is 5.73 Å². The number of nitrogens with two attached hydrogens (primary N) is 2. The normalized spacial score (nSPS) is 12.5. The molecule has 5 N–H and O–H groups in total. The average molecular weight is 347 g/mol. The summed E-state index contributed by atoms with van der Waals surface area (Å²) < 4.78 is 18.7. The van der Waals surface area contributed by atoms with Crippen LogP contribution in [0.4, 0.5) is 4.39 Å². The Bertz CT molecular complexity index is 372. The highest BCUT2D eigenvalue weighted by Crippen LogP contribution is 2.30. The first kappa shape index (κ1) is 27.7. The summed E-state index contributed by atoms with van der Waals surface area (Å²) in [5.41, 5.74) is 10.4. The van der Waals surface area contributed by atoms with Crippen molar-refractivity contribution in [2.75, 3.05) is 20.2 Å². The maximum Gasteiger partial charge on any atom is 0.165 e. The van der Waals surface area contributed by atoms with E-state index in [0.29, 0.717) is 18.1 Å². The van der Waals surface area contributed by atoms with E-state index in [1.807, 2.05) is 41.5 Å². The number of halogens is 1. The van der Waals surface area contributed by atoms with Crippen LogP contribution in [0, 0.1) is 11.7 Å². The standard InChI is InChI=1S/C12H16FNO2.3C2H6.CH5N/c13-10-4-3-9(11(15)6-14)5-12(10)16-7-8-1-2-8;4*1-2/h3-5,8,11,15H,1-2,6-7,14H2;3*1-2H3;2H2,1H3/t11-;;;;/m1..../s1. The lowest BCUT2D eigenvalue weighted by atomic mass is 10.1. The van der Waals surface area contributed by atoms with Gasteiger partial charge in [0.15, 0.2) is 11.6 Å². The molecule has 1 aromatic rings. The number of rotatable bonds is 5. The molecule has 1 saturated carbocycles. The van der Waals surface area contributed by atoms with Crippen LogP contribution in [0.2, 0.25) is 0 Å². The Morgan fingerprint density at radius 3 is 2.04 bits per heavy atom. The van der Waals surface area contributed by atoms with Gasteiger partial charge in [-0.15, -0.1) is 0 Å². The molecule has 1 atom stereocenters. The van der Waals surface area contributed by atoms with Gasteiger partial charge in [-0.05, 0) is 43.5 Å². The molecule has 4 nitrogen and oxygen atoms in total. The van der Waals surface area contributed by atoms with Gasteiger partial charge >= 0.3 is 0 Å². The second-order valence-electron chi connectivity index (χ2n) is 4.20. The van der Waals surface area contributed by atoms with E-state index in [9.17, 15) is 9.50 Å². The summed E-state index contributed by atoms with van der Waals surface area (Å²) in [5, 5.41) is 9.53. The topological polar surface area (TPSA) is 81.5 Å². The molecule has 0 spiro atoms. The summed E-state index contributed by atoms with van der Waals surface area (Å²) in [6.07, 6.45) is 1.56. The fraction of sp³-hybridized carbons (Fsp3) is 0.684. The maximum absolute atomic E-state index is 13.4. The first-order chi connectivity index (χ1) is 11.7. The van der Waals surface area contributed by atoms with Crippen LogP contribution < -0.4 is 16.2 Å². The molecular formula is C19H39FN2O2. The second-order valence-corrected chi connectivity index (χ2v) is 4.20. The molecule has 1 aliphatic carbocycles. The summed E-state index contributed by atoms with van der Waals surface area (Å²) in [6, 6.07) is 4.35. The van der Waals surface area contributed by atoms with Gasteiger partial charge in [0.25, 0.3) is 0 Å². The van der Waals surface area contributed by atoms with Crippen LogP contribution in [0.5, 0.6) is 5.75 Å². The second kappa shape index (κ2) is 19.9. The summed E-state index contributed by atoms with van der Waals surface area (Å²) in [5.74, 6) is 0.382. The molecule has 0 heterocycles. The van der Waals surface area contributed by atoms with Crippen molar-refractivity contribution in [1.29, 1.82) is 0 Å². The third-order valence-electron chi connectivity index (χ3n) is 2.73. The molecule has 1 fully saturated rings. The minimum Gasteiger partial charge on any atom is -0.490 e. The van der Waals surface area contributed by atoms with Crippen LogP contribution in [-0.4, -0.2) is 25.3 Å². The monoisotopic (exact) mass is 346 g/mol. The van der Waals surface area contributed by atoms with Crippen molar-refractivity contribution in [2.45, 2.75) is 60.5 Å². The van der Waals surface area contributed by atoms with E-state index in [4.69, 9.17) is 10.5 Å². The van der Waals surface area contributed by atoms with E-state index in [-0.39, 0.29) is 12.3 Å². The molecule has 24 heavy (non-hydrogen) atoms. The fourth-order valence-corrected chi connectivity index (χ4v) is 1.47. The Morgan fingerprint density at radius 1 is 1.12 bits per heavy atom. The molecule has 144 valence electrons. The van der Waals surface area contributed by atoms with E-state index in [1.165, 1.54) is 25.2 Å². The van der Waals surface area contributed by atoms with E-state index in [1.54, 1.807) is 0 Å². The zero-order valence-electron chi connectivity index (χ0n) is 16.6. The van der Waals surface area contributed by atoms with Crippen LogP contribution in [0.1, 0.15) is 66.1 Å². The molecule has 0 aliphatic heterocycles.